The normalized spacial score (nSPS) is 14.8. The van der Waals surface area contributed by atoms with Crippen LogP contribution < -0.4 is 5.56 Å². The zero-order valence-electron chi connectivity index (χ0n) is 17.3. The number of para-hydroxylation sites is 1. The highest BCUT2D eigenvalue weighted by atomic mass is 32.2. The van der Waals surface area contributed by atoms with E-state index < -0.39 is 0 Å². The van der Waals surface area contributed by atoms with Gasteiger partial charge in [0, 0.05) is 18.2 Å². The van der Waals surface area contributed by atoms with E-state index >= 15 is 0 Å². The van der Waals surface area contributed by atoms with Crippen molar-refractivity contribution in [1.29, 1.82) is 0 Å². The second kappa shape index (κ2) is 9.87. The van der Waals surface area contributed by atoms with Crippen LogP contribution in [0.5, 0.6) is 0 Å². The van der Waals surface area contributed by atoms with Gasteiger partial charge in [-0.05, 0) is 55.2 Å². The van der Waals surface area contributed by atoms with E-state index in [-0.39, 0.29) is 17.3 Å². The zero-order valence-corrected chi connectivity index (χ0v) is 18.9. The van der Waals surface area contributed by atoms with Crippen molar-refractivity contribution < 1.29 is 9.18 Å². The summed E-state index contributed by atoms with van der Waals surface area (Å²) in [7, 11) is 0. The van der Waals surface area contributed by atoms with Crippen molar-refractivity contribution in [3.63, 3.8) is 0 Å². The first kappa shape index (κ1) is 21.9. The Hall–Kier alpha value is -2.32. The number of aromatic nitrogens is 2. The molecule has 162 valence electrons. The number of hydrogen-bond donors (Lipinski definition) is 0. The van der Waals surface area contributed by atoms with Crippen LogP contribution in [-0.4, -0.2) is 44.3 Å². The van der Waals surface area contributed by atoms with Gasteiger partial charge in [-0.3, -0.25) is 14.2 Å². The molecule has 4 rings (SSSR count). The van der Waals surface area contributed by atoms with Crippen LogP contribution in [0.15, 0.2) is 58.5 Å². The van der Waals surface area contributed by atoms with Crippen LogP contribution in [0.3, 0.4) is 0 Å². The maximum atomic E-state index is 13.4. The Balaban J connectivity index is 1.50. The molecule has 0 N–H and O–H groups in total. The number of carbonyl (C=O) groups is 1. The molecule has 2 heterocycles. The SMILES string of the molecule is CC1CCN(C(=O)CSCSc2nc3ccccc3c(=O)n2-c2ccc(F)cc2)CC1. The highest BCUT2D eigenvalue weighted by molar-refractivity contribution is 8.16. The fourth-order valence-corrected chi connectivity index (χ4v) is 5.53. The van der Waals surface area contributed by atoms with Crippen molar-refractivity contribution in [1.82, 2.24) is 14.5 Å². The summed E-state index contributed by atoms with van der Waals surface area (Å²) in [6.45, 7) is 3.90. The van der Waals surface area contributed by atoms with E-state index in [0.717, 1.165) is 25.9 Å². The summed E-state index contributed by atoms with van der Waals surface area (Å²) in [6, 6.07) is 13.0. The van der Waals surface area contributed by atoms with Gasteiger partial charge in [-0.25, -0.2) is 9.37 Å². The number of benzene rings is 2. The Morgan fingerprint density at radius 2 is 1.84 bits per heavy atom. The molecule has 5 nitrogen and oxygen atoms in total. The molecule has 0 unspecified atom stereocenters. The van der Waals surface area contributed by atoms with Crippen molar-refractivity contribution in [2.45, 2.75) is 24.9 Å². The quantitative estimate of drug-likeness (QED) is 0.235. The van der Waals surface area contributed by atoms with Crippen molar-refractivity contribution in [2.24, 2.45) is 5.92 Å². The van der Waals surface area contributed by atoms with Gasteiger partial charge in [-0.15, -0.1) is 11.8 Å². The monoisotopic (exact) mass is 457 g/mol. The molecule has 8 heteroatoms. The van der Waals surface area contributed by atoms with Gasteiger partial charge in [0.05, 0.1) is 22.3 Å². The summed E-state index contributed by atoms with van der Waals surface area (Å²) >= 11 is 2.94. The molecule has 0 aliphatic carbocycles. The molecule has 3 aromatic rings. The lowest BCUT2D eigenvalue weighted by atomic mass is 9.99. The van der Waals surface area contributed by atoms with Crippen LogP contribution in [0.1, 0.15) is 19.8 Å². The number of fused-ring (bicyclic) bond motifs is 1. The molecule has 1 saturated heterocycles. The van der Waals surface area contributed by atoms with E-state index in [1.807, 2.05) is 17.0 Å². The van der Waals surface area contributed by atoms with Gasteiger partial charge in [0.15, 0.2) is 5.16 Å². The first-order chi connectivity index (χ1) is 15.0. The molecule has 31 heavy (non-hydrogen) atoms. The maximum Gasteiger partial charge on any atom is 0.266 e. The molecule has 0 spiro atoms. The van der Waals surface area contributed by atoms with E-state index in [4.69, 9.17) is 0 Å². The fourth-order valence-electron chi connectivity index (χ4n) is 3.60. The number of thioether (sulfide) groups is 2. The van der Waals surface area contributed by atoms with E-state index in [0.29, 0.717) is 38.5 Å². The summed E-state index contributed by atoms with van der Waals surface area (Å²) < 4.78 is 14.9. The van der Waals surface area contributed by atoms with E-state index in [1.165, 1.54) is 40.2 Å². The number of amides is 1. The number of halogens is 1. The lowest BCUT2D eigenvalue weighted by molar-refractivity contribution is -0.129. The molecule has 2 aromatic carbocycles. The minimum Gasteiger partial charge on any atom is -0.342 e. The molecular weight excluding hydrogens is 433 g/mol. The fraction of sp³-hybridized carbons (Fsp3) is 0.348. The molecule has 0 atom stereocenters. The van der Waals surface area contributed by atoms with E-state index in [1.54, 1.807) is 24.3 Å². The third-order valence-electron chi connectivity index (χ3n) is 5.46. The van der Waals surface area contributed by atoms with Crippen molar-refractivity contribution >= 4 is 40.3 Å². The molecule has 1 fully saturated rings. The van der Waals surface area contributed by atoms with Gasteiger partial charge in [0.1, 0.15) is 5.82 Å². The largest absolute Gasteiger partial charge is 0.342 e. The molecule has 1 amide bonds. The Labute approximate surface area is 189 Å². The average molecular weight is 458 g/mol. The van der Waals surface area contributed by atoms with Gasteiger partial charge in [0.25, 0.3) is 5.56 Å². The zero-order chi connectivity index (χ0) is 21.8. The van der Waals surface area contributed by atoms with Crippen LogP contribution in [0.4, 0.5) is 4.39 Å². The van der Waals surface area contributed by atoms with Crippen LogP contribution in [0, 0.1) is 11.7 Å². The molecule has 0 saturated carbocycles. The van der Waals surface area contributed by atoms with Crippen molar-refractivity contribution in [3.8, 4) is 5.69 Å². The molecule has 1 aliphatic heterocycles. The second-order valence-electron chi connectivity index (χ2n) is 7.70. The number of likely N-dealkylation sites (tertiary alicyclic amines) is 1. The van der Waals surface area contributed by atoms with Gasteiger partial charge in [0.2, 0.25) is 5.91 Å². The number of nitrogens with zero attached hydrogens (tertiary/aromatic N) is 3. The van der Waals surface area contributed by atoms with E-state index in [2.05, 4.69) is 11.9 Å². The van der Waals surface area contributed by atoms with E-state index in [9.17, 15) is 14.0 Å². The highest BCUT2D eigenvalue weighted by Crippen LogP contribution is 2.25. The first-order valence-electron chi connectivity index (χ1n) is 10.3. The lowest BCUT2D eigenvalue weighted by Crippen LogP contribution is -2.38. The van der Waals surface area contributed by atoms with Crippen LogP contribution in [0.25, 0.3) is 16.6 Å². The summed E-state index contributed by atoms with van der Waals surface area (Å²) in [6.07, 6.45) is 2.13. The molecule has 0 bridgehead atoms. The number of hydrogen-bond acceptors (Lipinski definition) is 5. The molecule has 0 radical (unpaired) electrons. The highest BCUT2D eigenvalue weighted by Gasteiger charge is 2.20. The van der Waals surface area contributed by atoms with Gasteiger partial charge < -0.3 is 4.90 Å². The minimum absolute atomic E-state index is 0.167. The topological polar surface area (TPSA) is 55.2 Å². The van der Waals surface area contributed by atoms with Gasteiger partial charge >= 0.3 is 0 Å². The lowest BCUT2D eigenvalue weighted by Gasteiger charge is -2.30. The Morgan fingerprint density at radius 1 is 1.13 bits per heavy atom. The smallest absolute Gasteiger partial charge is 0.266 e. The Bertz CT molecular complexity index is 1130. The van der Waals surface area contributed by atoms with Crippen LogP contribution >= 0.6 is 23.5 Å². The third kappa shape index (κ3) is 5.13. The van der Waals surface area contributed by atoms with Gasteiger partial charge in [-0.1, -0.05) is 30.8 Å². The number of piperidine rings is 1. The van der Waals surface area contributed by atoms with Gasteiger partial charge in [-0.2, -0.15) is 0 Å². The summed E-state index contributed by atoms with van der Waals surface area (Å²) in [4.78, 5) is 32.2. The number of rotatable bonds is 6. The second-order valence-corrected chi connectivity index (χ2v) is 10.00. The van der Waals surface area contributed by atoms with Crippen molar-refractivity contribution in [3.05, 3.63) is 64.7 Å². The van der Waals surface area contributed by atoms with Crippen molar-refractivity contribution in [2.75, 3.05) is 23.9 Å². The summed E-state index contributed by atoms with van der Waals surface area (Å²) in [5, 5.41) is 1.63. The predicted octanol–water partition coefficient (Wildman–Crippen LogP) is 4.57. The molecule has 1 aromatic heterocycles. The Morgan fingerprint density at radius 3 is 2.58 bits per heavy atom. The summed E-state index contributed by atoms with van der Waals surface area (Å²) in [5.41, 5.74) is 0.996. The number of carbonyl (C=O) groups excluding carboxylic acids is 1. The maximum absolute atomic E-state index is 13.4. The third-order valence-corrected chi connectivity index (χ3v) is 7.58. The molecular formula is C23H24FN3O2S2. The van der Waals surface area contributed by atoms with Crippen LogP contribution in [-0.2, 0) is 4.79 Å². The predicted molar refractivity (Wildman–Crippen MR) is 125 cm³/mol. The van der Waals surface area contributed by atoms with Crippen LogP contribution in [0.2, 0.25) is 0 Å². The minimum atomic E-state index is -0.360. The standard InChI is InChI=1S/C23H24FN3O2S2/c1-16-10-12-26(13-11-16)21(28)14-30-15-31-23-25-20-5-3-2-4-19(20)22(29)27(23)18-8-6-17(24)7-9-18/h2-9,16H,10-15H2,1H3. The first-order valence-corrected chi connectivity index (χ1v) is 12.4. The average Bonchev–Trinajstić information content (AvgIpc) is 2.78. The Kier molecular flexibility index (Phi) is 6.97. The molecule has 1 aliphatic rings. The summed E-state index contributed by atoms with van der Waals surface area (Å²) in [5.74, 6) is 0.908.